The normalized spacial score (nSPS) is 11.0. The number of hydrogen-bond acceptors (Lipinski definition) is 5. The van der Waals surface area contributed by atoms with Crippen LogP contribution in [0.25, 0.3) is 44.5 Å². The molecule has 6 rings (SSSR count). The fraction of sp³-hybridized carbons (Fsp3) is 0.0400. The molecule has 6 heteroatoms. The second kappa shape index (κ2) is 7.50. The first-order chi connectivity index (χ1) is 15.1. The molecule has 2 heterocycles. The standard InChI is InChI=1S/C13H10N2O.C12H8N2O/c1-15-10-6-3-2-5-9(10)14-13-11(15)7-4-8-12(13)16;15-11-7-3-6-10-12(11)14-9-5-2-1-4-8(9)13-10/h2-8H,1H3;1-7,15H. The molecule has 4 aromatic rings. The molecule has 6 nitrogen and oxygen atoms in total. The Bertz CT molecular complexity index is 1590. The lowest BCUT2D eigenvalue weighted by molar-refractivity contribution is 0.480. The van der Waals surface area contributed by atoms with E-state index >= 15 is 0 Å². The van der Waals surface area contributed by atoms with Crippen molar-refractivity contribution in [3.8, 4) is 17.1 Å². The molecular formula is C25H18N4O2. The molecule has 31 heavy (non-hydrogen) atoms. The van der Waals surface area contributed by atoms with Gasteiger partial charge in [-0.1, -0.05) is 36.4 Å². The Labute approximate surface area is 177 Å². The molecule has 1 aliphatic carbocycles. The second-order valence-electron chi connectivity index (χ2n) is 7.14. The topological polar surface area (TPSA) is 80.9 Å². The van der Waals surface area contributed by atoms with Gasteiger partial charge < -0.3 is 9.67 Å². The van der Waals surface area contributed by atoms with Gasteiger partial charge in [-0.25, -0.2) is 15.0 Å². The number of phenols is 1. The fourth-order valence-corrected chi connectivity index (χ4v) is 3.61. The first-order valence-corrected chi connectivity index (χ1v) is 9.81. The maximum absolute atomic E-state index is 11.7. The summed E-state index contributed by atoms with van der Waals surface area (Å²) in [6, 6.07) is 25.9. The summed E-state index contributed by atoms with van der Waals surface area (Å²) in [5, 5.41) is 9.63. The van der Waals surface area contributed by atoms with E-state index in [9.17, 15) is 9.90 Å². The Morgan fingerprint density at radius 2 is 1.32 bits per heavy atom. The number of aromatic hydroxyl groups is 1. The van der Waals surface area contributed by atoms with Crippen LogP contribution in [0.3, 0.4) is 0 Å². The predicted octanol–water partition coefficient (Wildman–Crippen LogP) is 4.53. The van der Waals surface area contributed by atoms with Crippen LogP contribution in [0, 0.1) is 0 Å². The molecule has 0 unspecified atom stereocenters. The van der Waals surface area contributed by atoms with E-state index in [0.29, 0.717) is 16.7 Å². The molecular weight excluding hydrogens is 388 g/mol. The Hall–Kier alpha value is -4.32. The summed E-state index contributed by atoms with van der Waals surface area (Å²) in [5.41, 5.74) is 6.15. The monoisotopic (exact) mass is 406 g/mol. The van der Waals surface area contributed by atoms with E-state index in [2.05, 4.69) is 15.0 Å². The van der Waals surface area contributed by atoms with Crippen molar-refractivity contribution in [2.45, 2.75) is 0 Å². The molecule has 2 aliphatic rings. The van der Waals surface area contributed by atoms with Crippen molar-refractivity contribution in [2.24, 2.45) is 7.05 Å². The van der Waals surface area contributed by atoms with E-state index in [1.807, 2.05) is 72.3 Å². The number of benzene rings is 4. The average Bonchev–Trinajstić information content (AvgIpc) is 2.80. The van der Waals surface area contributed by atoms with Crippen LogP contribution in [0.15, 0.2) is 89.7 Å². The first-order valence-electron chi connectivity index (χ1n) is 9.81. The molecule has 0 bridgehead atoms. The minimum atomic E-state index is -0.0288. The van der Waals surface area contributed by atoms with Gasteiger partial charge in [0, 0.05) is 7.05 Å². The van der Waals surface area contributed by atoms with E-state index < -0.39 is 0 Å². The van der Waals surface area contributed by atoms with Crippen LogP contribution < -0.4 is 5.43 Å². The largest absolute Gasteiger partial charge is 0.506 e. The van der Waals surface area contributed by atoms with Gasteiger partial charge in [-0.2, -0.15) is 0 Å². The van der Waals surface area contributed by atoms with Crippen molar-refractivity contribution in [2.75, 3.05) is 0 Å². The maximum Gasteiger partial charge on any atom is 0.206 e. The van der Waals surface area contributed by atoms with Gasteiger partial charge in [0.05, 0.1) is 33.3 Å². The number of aryl methyl sites for hydroxylation is 1. The Morgan fingerprint density at radius 1 is 0.677 bits per heavy atom. The number of hydrogen-bond donors (Lipinski definition) is 1. The highest BCUT2D eigenvalue weighted by atomic mass is 16.3. The molecule has 150 valence electrons. The van der Waals surface area contributed by atoms with Crippen LogP contribution in [-0.2, 0) is 7.05 Å². The predicted molar refractivity (Wildman–Crippen MR) is 122 cm³/mol. The lowest BCUT2D eigenvalue weighted by Crippen LogP contribution is -2.12. The third-order valence-electron chi connectivity index (χ3n) is 5.16. The summed E-state index contributed by atoms with van der Waals surface area (Å²) < 4.78 is 2.00. The number of aromatic nitrogens is 4. The number of nitrogens with zero attached hydrogens (tertiary/aromatic N) is 4. The first kappa shape index (κ1) is 18.7. The minimum absolute atomic E-state index is 0.0288. The lowest BCUT2D eigenvalue weighted by atomic mass is 10.2. The second-order valence-corrected chi connectivity index (χ2v) is 7.14. The van der Waals surface area contributed by atoms with Crippen molar-refractivity contribution in [3.05, 3.63) is 95.2 Å². The van der Waals surface area contributed by atoms with Gasteiger partial charge >= 0.3 is 0 Å². The zero-order valence-corrected chi connectivity index (χ0v) is 16.7. The fourth-order valence-electron chi connectivity index (χ4n) is 3.61. The van der Waals surface area contributed by atoms with Crippen molar-refractivity contribution in [3.63, 3.8) is 0 Å². The number of rotatable bonds is 0. The van der Waals surface area contributed by atoms with Crippen LogP contribution >= 0.6 is 0 Å². The summed E-state index contributed by atoms with van der Waals surface area (Å²) >= 11 is 0. The van der Waals surface area contributed by atoms with Gasteiger partial charge in [0.25, 0.3) is 0 Å². The third-order valence-corrected chi connectivity index (χ3v) is 5.16. The Balaban J connectivity index is 0.000000132. The minimum Gasteiger partial charge on any atom is -0.506 e. The van der Waals surface area contributed by atoms with Crippen LogP contribution in [-0.4, -0.2) is 24.6 Å². The Morgan fingerprint density at radius 3 is 2.13 bits per heavy atom. The van der Waals surface area contributed by atoms with Crippen molar-refractivity contribution >= 4 is 33.1 Å². The molecule has 0 amide bonds. The van der Waals surface area contributed by atoms with E-state index in [1.54, 1.807) is 24.3 Å². The molecule has 0 atom stereocenters. The smallest absolute Gasteiger partial charge is 0.206 e. The molecule has 3 aromatic carbocycles. The van der Waals surface area contributed by atoms with Crippen molar-refractivity contribution < 1.29 is 5.11 Å². The summed E-state index contributed by atoms with van der Waals surface area (Å²) in [5.74, 6) is 0.172. The SMILES string of the molecule is Cn1c2cccc(=O)c-2nc2ccccc21.Oc1cccc2nc3ccccc3nc12. The lowest BCUT2D eigenvalue weighted by Gasteiger charge is -2.13. The van der Waals surface area contributed by atoms with Gasteiger partial charge in [0.1, 0.15) is 17.0 Å². The van der Waals surface area contributed by atoms with E-state index in [-0.39, 0.29) is 11.2 Å². The summed E-state index contributed by atoms with van der Waals surface area (Å²) in [6.45, 7) is 0. The van der Waals surface area contributed by atoms with Crippen LogP contribution in [0.2, 0.25) is 0 Å². The quantitative estimate of drug-likeness (QED) is 0.375. The highest BCUT2D eigenvalue weighted by Crippen LogP contribution is 2.23. The average molecular weight is 406 g/mol. The summed E-state index contributed by atoms with van der Waals surface area (Å²) in [7, 11) is 1.95. The Kier molecular flexibility index (Phi) is 4.52. The van der Waals surface area contributed by atoms with Crippen LogP contribution in [0.1, 0.15) is 0 Å². The molecule has 0 saturated heterocycles. The summed E-state index contributed by atoms with van der Waals surface area (Å²) in [4.78, 5) is 24.9. The highest BCUT2D eigenvalue weighted by Gasteiger charge is 2.11. The molecule has 0 radical (unpaired) electrons. The van der Waals surface area contributed by atoms with Gasteiger partial charge in [-0.15, -0.1) is 0 Å². The number of para-hydroxylation sites is 6. The molecule has 1 N–H and O–H groups in total. The molecule has 1 aromatic heterocycles. The van der Waals surface area contributed by atoms with E-state index in [1.165, 1.54) is 0 Å². The zero-order chi connectivity index (χ0) is 21.4. The molecule has 0 spiro atoms. The molecule has 0 fully saturated rings. The molecule has 1 aliphatic heterocycles. The van der Waals surface area contributed by atoms with E-state index in [4.69, 9.17) is 0 Å². The van der Waals surface area contributed by atoms with Crippen LogP contribution in [0.5, 0.6) is 5.75 Å². The third kappa shape index (κ3) is 3.34. The number of phenolic OH excluding ortho intramolecular Hbond substituents is 1. The van der Waals surface area contributed by atoms with Gasteiger partial charge in [-0.05, 0) is 48.5 Å². The van der Waals surface area contributed by atoms with Gasteiger partial charge in [0.15, 0.2) is 0 Å². The summed E-state index contributed by atoms with van der Waals surface area (Å²) in [6.07, 6.45) is 0. The van der Waals surface area contributed by atoms with E-state index in [0.717, 1.165) is 27.8 Å². The maximum atomic E-state index is 11.7. The van der Waals surface area contributed by atoms with Gasteiger partial charge in [0.2, 0.25) is 5.43 Å². The molecule has 0 saturated carbocycles. The zero-order valence-electron chi connectivity index (χ0n) is 16.7. The highest BCUT2D eigenvalue weighted by molar-refractivity contribution is 5.89. The van der Waals surface area contributed by atoms with Crippen LogP contribution in [0.4, 0.5) is 0 Å². The number of fused-ring (bicyclic) bond motifs is 4. The van der Waals surface area contributed by atoms with Crippen molar-refractivity contribution in [1.82, 2.24) is 19.5 Å². The van der Waals surface area contributed by atoms with Crippen molar-refractivity contribution in [1.29, 1.82) is 0 Å². The van der Waals surface area contributed by atoms with Gasteiger partial charge in [-0.3, -0.25) is 4.79 Å².